The molecular formula is C14H22O5. The van der Waals surface area contributed by atoms with Crippen molar-refractivity contribution in [1.82, 2.24) is 0 Å². The van der Waals surface area contributed by atoms with Crippen LogP contribution >= 0.6 is 0 Å². The molecule has 0 amide bonds. The molecule has 0 aliphatic rings. The second-order valence-corrected chi connectivity index (χ2v) is 4.15. The summed E-state index contributed by atoms with van der Waals surface area (Å²) in [5, 5.41) is 0. The van der Waals surface area contributed by atoms with Gasteiger partial charge in [0.05, 0.1) is 13.2 Å². The van der Waals surface area contributed by atoms with Crippen molar-refractivity contribution in [2.75, 3.05) is 26.4 Å². The van der Waals surface area contributed by atoms with Crippen molar-refractivity contribution < 1.29 is 23.8 Å². The largest absolute Gasteiger partial charge is 0.462 e. The Morgan fingerprint density at radius 3 is 1.79 bits per heavy atom. The van der Waals surface area contributed by atoms with Gasteiger partial charge in [-0.2, -0.15) is 0 Å². The molecule has 0 aromatic carbocycles. The zero-order chi connectivity index (χ0) is 14.7. The molecule has 19 heavy (non-hydrogen) atoms. The van der Waals surface area contributed by atoms with E-state index in [1.165, 1.54) is 0 Å². The third-order valence-corrected chi connectivity index (χ3v) is 2.07. The molecule has 5 heteroatoms. The number of hydrogen-bond acceptors (Lipinski definition) is 5. The Bertz CT molecular complexity index is 301. The minimum Gasteiger partial charge on any atom is -0.462 e. The normalized spacial score (nSPS) is 9.79. The van der Waals surface area contributed by atoms with Crippen molar-refractivity contribution in [3.63, 3.8) is 0 Å². The minimum atomic E-state index is -0.407. The highest BCUT2D eigenvalue weighted by Gasteiger charge is 2.03. The number of carbonyl (C=O) groups excluding carboxylic acids is 2. The van der Waals surface area contributed by atoms with E-state index in [1.54, 1.807) is 13.8 Å². The summed E-state index contributed by atoms with van der Waals surface area (Å²) in [5.74, 6) is -0.775. The van der Waals surface area contributed by atoms with Crippen molar-refractivity contribution >= 4 is 11.9 Å². The summed E-state index contributed by atoms with van der Waals surface area (Å²) in [6, 6.07) is 0. The first-order valence-corrected chi connectivity index (χ1v) is 6.18. The number of carbonyl (C=O) groups is 2. The summed E-state index contributed by atoms with van der Waals surface area (Å²) in [4.78, 5) is 22.0. The van der Waals surface area contributed by atoms with E-state index in [-0.39, 0.29) is 12.6 Å². The average molecular weight is 270 g/mol. The molecule has 0 bridgehead atoms. The van der Waals surface area contributed by atoms with Gasteiger partial charge in [0, 0.05) is 17.8 Å². The van der Waals surface area contributed by atoms with Crippen LogP contribution in [0.1, 0.15) is 26.7 Å². The lowest BCUT2D eigenvalue weighted by Gasteiger charge is -2.06. The van der Waals surface area contributed by atoms with Gasteiger partial charge in [-0.15, -0.1) is 0 Å². The first kappa shape index (κ1) is 17.4. The van der Waals surface area contributed by atoms with Crippen molar-refractivity contribution in [3.05, 3.63) is 24.3 Å². The van der Waals surface area contributed by atoms with Crippen molar-refractivity contribution in [3.8, 4) is 0 Å². The molecule has 0 aliphatic carbocycles. The van der Waals surface area contributed by atoms with Gasteiger partial charge in [-0.25, -0.2) is 9.59 Å². The third kappa shape index (κ3) is 10.0. The lowest BCUT2D eigenvalue weighted by molar-refractivity contribution is -0.140. The Labute approximate surface area is 114 Å². The van der Waals surface area contributed by atoms with Gasteiger partial charge in [0.2, 0.25) is 0 Å². The highest BCUT2D eigenvalue weighted by Crippen LogP contribution is 1.97. The van der Waals surface area contributed by atoms with E-state index in [1.807, 2.05) is 0 Å². The van der Waals surface area contributed by atoms with Crippen LogP contribution in [0.3, 0.4) is 0 Å². The number of unbranched alkanes of at least 4 members (excludes halogenated alkanes) is 1. The maximum Gasteiger partial charge on any atom is 0.333 e. The second-order valence-electron chi connectivity index (χ2n) is 4.15. The first-order chi connectivity index (χ1) is 8.95. The van der Waals surface area contributed by atoms with Crippen LogP contribution in [0, 0.1) is 0 Å². The highest BCUT2D eigenvalue weighted by atomic mass is 16.6. The van der Waals surface area contributed by atoms with Gasteiger partial charge in [-0.05, 0) is 26.7 Å². The van der Waals surface area contributed by atoms with E-state index >= 15 is 0 Å². The zero-order valence-corrected chi connectivity index (χ0v) is 11.7. The molecule has 0 aromatic heterocycles. The first-order valence-electron chi connectivity index (χ1n) is 6.18. The van der Waals surface area contributed by atoms with Gasteiger partial charge >= 0.3 is 11.9 Å². The molecular weight excluding hydrogens is 248 g/mol. The van der Waals surface area contributed by atoms with Crippen molar-refractivity contribution in [2.24, 2.45) is 0 Å². The molecule has 0 rings (SSSR count). The van der Waals surface area contributed by atoms with Gasteiger partial charge in [0.25, 0.3) is 0 Å². The molecule has 108 valence electrons. The molecule has 0 unspecified atom stereocenters. The summed E-state index contributed by atoms with van der Waals surface area (Å²) >= 11 is 0. The summed E-state index contributed by atoms with van der Waals surface area (Å²) in [6.07, 6.45) is 1.50. The fourth-order valence-corrected chi connectivity index (χ4v) is 1.01. The molecule has 0 spiro atoms. The van der Waals surface area contributed by atoms with Gasteiger partial charge in [0.15, 0.2) is 0 Å². The van der Waals surface area contributed by atoms with E-state index in [0.29, 0.717) is 31.0 Å². The predicted octanol–water partition coefficient (Wildman–Crippen LogP) is 2.02. The smallest absolute Gasteiger partial charge is 0.333 e. The van der Waals surface area contributed by atoms with Crippen LogP contribution in [-0.4, -0.2) is 38.4 Å². The predicted molar refractivity (Wildman–Crippen MR) is 71.6 cm³/mol. The van der Waals surface area contributed by atoms with Gasteiger partial charge in [0.1, 0.15) is 6.61 Å². The van der Waals surface area contributed by atoms with Gasteiger partial charge < -0.3 is 14.2 Å². The molecule has 5 nitrogen and oxygen atoms in total. The number of ether oxygens (including phenoxy) is 3. The molecule has 0 atom stereocenters. The molecule has 0 aliphatic heterocycles. The Hall–Kier alpha value is -1.62. The monoisotopic (exact) mass is 270 g/mol. The summed E-state index contributed by atoms with van der Waals surface area (Å²) in [7, 11) is 0. The fourth-order valence-electron chi connectivity index (χ4n) is 1.01. The summed E-state index contributed by atoms with van der Waals surface area (Å²) < 4.78 is 15.0. The van der Waals surface area contributed by atoms with Crippen LogP contribution in [0.4, 0.5) is 0 Å². The second kappa shape index (κ2) is 10.3. The standard InChI is InChI=1S/C14H22O5/c1-11(2)13(15)18-8-6-5-7-17-9-10-19-14(16)12(3)4/h1,3,5-10H2,2,4H3. The molecule has 0 radical (unpaired) electrons. The topological polar surface area (TPSA) is 61.8 Å². The van der Waals surface area contributed by atoms with Gasteiger partial charge in [-0.3, -0.25) is 0 Å². The molecule has 0 aromatic rings. The maximum atomic E-state index is 11.0. The van der Waals surface area contributed by atoms with E-state index in [4.69, 9.17) is 14.2 Å². The molecule has 0 heterocycles. The van der Waals surface area contributed by atoms with Crippen LogP contribution in [-0.2, 0) is 23.8 Å². The molecule has 0 fully saturated rings. The van der Waals surface area contributed by atoms with E-state index in [9.17, 15) is 9.59 Å². The third-order valence-electron chi connectivity index (χ3n) is 2.07. The lowest BCUT2D eigenvalue weighted by Crippen LogP contribution is -2.11. The van der Waals surface area contributed by atoms with Crippen LogP contribution in [0.5, 0.6) is 0 Å². The number of hydrogen-bond donors (Lipinski definition) is 0. The maximum absolute atomic E-state index is 11.0. The Balaban J connectivity index is 3.28. The van der Waals surface area contributed by atoms with Crippen molar-refractivity contribution in [1.29, 1.82) is 0 Å². The van der Waals surface area contributed by atoms with E-state index in [0.717, 1.165) is 12.8 Å². The van der Waals surface area contributed by atoms with E-state index in [2.05, 4.69) is 13.2 Å². The van der Waals surface area contributed by atoms with Gasteiger partial charge in [-0.1, -0.05) is 13.2 Å². The van der Waals surface area contributed by atoms with Crippen LogP contribution in [0.2, 0.25) is 0 Å². The lowest BCUT2D eigenvalue weighted by atomic mass is 10.3. The SMILES string of the molecule is C=C(C)C(=O)OCCCCOCCOC(=O)C(=C)C. The highest BCUT2D eigenvalue weighted by molar-refractivity contribution is 5.87. The van der Waals surface area contributed by atoms with Crippen molar-refractivity contribution in [2.45, 2.75) is 26.7 Å². The summed E-state index contributed by atoms with van der Waals surface area (Å²) in [5.41, 5.74) is 0.773. The minimum absolute atomic E-state index is 0.219. The average Bonchev–Trinajstić information content (AvgIpc) is 2.35. The summed E-state index contributed by atoms with van der Waals surface area (Å²) in [6.45, 7) is 11.6. The zero-order valence-electron chi connectivity index (χ0n) is 11.7. The van der Waals surface area contributed by atoms with Crippen LogP contribution < -0.4 is 0 Å². The van der Waals surface area contributed by atoms with E-state index < -0.39 is 5.97 Å². The number of rotatable bonds is 10. The fraction of sp³-hybridized carbons (Fsp3) is 0.571. The molecule has 0 saturated heterocycles. The molecule has 0 N–H and O–H groups in total. The molecule has 0 saturated carbocycles. The quantitative estimate of drug-likeness (QED) is 0.345. The Kier molecular flexibility index (Phi) is 9.44. The number of esters is 2. The van der Waals surface area contributed by atoms with Crippen LogP contribution in [0.15, 0.2) is 24.3 Å². The Morgan fingerprint density at radius 2 is 1.26 bits per heavy atom. The Morgan fingerprint density at radius 1 is 0.789 bits per heavy atom. The van der Waals surface area contributed by atoms with Crippen LogP contribution in [0.25, 0.3) is 0 Å².